The van der Waals surface area contributed by atoms with Gasteiger partial charge in [-0.2, -0.15) is 0 Å². The molecule has 0 bridgehead atoms. The lowest BCUT2D eigenvalue weighted by atomic mass is 10.2. The summed E-state index contributed by atoms with van der Waals surface area (Å²) >= 11 is 6.06. The van der Waals surface area contributed by atoms with Gasteiger partial charge >= 0.3 is 0 Å². The van der Waals surface area contributed by atoms with E-state index < -0.39 is 0 Å². The summed E-state index contributed by atoms with van der Waals surface area (Å²) in [5.74, 6) is 0.564. The van der Waals surface area contributed by atoms with Gasteiger partial charge in [-0.1, -0.05) is 29.8 Å². The number of amides is 2. The number of imidazole rings is 1. The number of anilines is 1. The van der Waals surface area contributed by atoms with Crippen LogP contribution in [0.25, 0.3) is 11.0 Å². The summed E-state index contributed by atoms with van der Waals surface area (Å²) in [6.07, 6.45) is 0.794. The molecule has 0 radical (unpaired) electrons. The summed E-state index contributed by atoms with van der Waals surface area (Å²) in [6.45, 7) is 2.76. The summed E-state index contributed by atoms with van der Waals surface area (Å²) in [4.78, 5) is 36.3. The van der Waals surface area contributed by atoms with Crippen LogP contribution in [0, 0.1) is 0 Å². The number of hydrogen-bond donors (Lipinski definition) is 2. The second-order valence-corrected chi connectivity index (χ2v) is 7.76. The van der Waals surface area contributed by atoms with Crippen LogP contribution >= 0.6 is 11.6 Å². The highest BCUT2D eigenvalue weighted by atomic mass is 35.5. The molecule has 156 valence electrons. The zero-order valence-electron chi connectivity index (χ0n) is 16.6. The van der Waals surface area contributed by atoms with Crippen LogP contribution in [-0.2, 0) is 16.0 Å². The van der Waals surface area contributed by atoms with Gasteiger partial charge in [0, 0.05) is 49.7 Å². The number of para-hydroxylation sites is 2. The van der Waals surface area contributed by atoms with E-state index in [0.29, 0.717) is 24.5 Å². The van der Waals surface area contributed by atoms with Crippen LogP contribution in [-0.4, -0.2) is 59.4 Å². The number of piperazine rings is 1. The predicted molar refractivity (Wildman–Crippen MR) is 118 cm³/mol. The average molecular weight is 426 g/mol. The fourth-order valence-electron chi connectivity index (χ4n) is 3.62. The van der Waals surface area contributed by atoms with E-state index in [1.807, 2.05) is 48.5 Å². The zero-order valence-corrected chi connectivity index (χ0v) is 17.4. The average Bonchev–Trinajstić information content (AvgIpc) is 3.19. The number of fused-ring (bicyclic) bond motifs is 1. The van der Waals surface area contributed by atoms with E-state index in [9.17, 15) is 9.59 Å². The number of halogens is 1. The highest BCUT2D eigenvalue weighted by Gasteiger charge is 2.21. The molecule has 0 unspecified atom stereocenters. The van der Waals surface area contributed by atoms with E-state index in [1.165, 1.54) is 0 Å². The topological polar surface area (TPSA) is 81.3 Å². The molecule has 0 aliphatic carbocycles. The van der Waals surface area contributed by atoms with E-state index in [1.54, 1.807) is 4.90 Å². The number of rotatable bonds is 6. The molecule has 1 saturated heterocycles. The minimum atomic E-state index is -0.152. The molecule has 2 N–H and O–H groups in total. The molecular weight excluding hydrogens is 402 g/mol. The first-order chi connectivity index (χ1) is 14.6. The fourth-order valence-corrected chi connectivity index (χ4v) is 3.80. The van der Waals surface area contributed by atoms with Crippen molar-refractivity contribution in [3.05, 3.63) is 59.4 Å². The van der Waals surface area contributed by atoms with Crippen molar-refractivity contribution >= 4 is 40.1 Å². The molecule has 8 heteroatoms. The molecule has 0 atom stereocenters. The second-order valence-electron chi connectivity index (χ2n) is 7.33. The number of aromatic nitrogens is 2. The van der Waals surface area contributed by atoms with Crippen LogP contribution in [0.1, 0.15) is 12.2 Å². The molecule has 1 aliphatic heterocycles. The van der Waals surface area contributed by atoms with Crippen molar-refractivity contribution < 1.29 is 9.59 Å². The Hall–Kier alpha value is -3.06. The minimum Gasteiger partial charge on any atom is -0.368 e. The number of aryl methyl sites for hydroxylation is 1. The largest absolute Gasteiger partial charge is 0.368 e. The lowest BCUT2D eigenvalue weighted by Gasteiger charge is -2.36. The number of hydrogen-bond acceptors (Lipinski definition) is 4. The van der Waals surface area contributed by atoms with Crippen LogP contribution in [0.3, 0.4) is 0 Å². The van der Waals surface area contributed by atoms with Gasteiger partial charge in [-0.3, -0.25) is 9.59 Å². The van der Waals surface area contributed by atoms with E-state index in [0.717, 1.165) is 35.6 Å². The molecule has 7 nitrogen and oxygen atoms in total. The Labute approximate surface area is 180 Å². The number of carbonyl (C=O) groups excluding carboxylic acids is 2. The molecule has 2 heterocycles. The smallest absolute Gasteiger partial charge is 0.242 e. The molecule has 4 rings (SSSR count). The summed E-state index contributed by atoms with van der Waals surface area (Å²) in [5, 5.41) is 3.44. The van der Waals surface area contributed by atoms with E-state index in [4.69, 9.17) is 11.6 Å². The Balaban J connectivity index is 1.19. The molecule has 0 saturated carbocycles. The summed E-state index contributed by atoms with van der Waals surface area (Å²) in [7, 11) is 0. The molecule has 0 spiro atoms. The summed E-state index contributed by atoms with van der Waals surface area (Å²) < 4.78 is 0. The van der Waals surface area contributed by atoms with Gasteiger partial charge in [0.2, 0.25) is 11.8 Å². The van der Waals surface area contributed by atoms with Gasteiger partial charge < -0.3 is 20.1 Å². The van der Waals surface area contributed by atoms with Crippen molar-refractivity contribution in [3.63, 3.8) is 0 Å². The van der Waals surface area contributed by atoms with Gasteiger partial charge in [-0.05, 0) is 30.3 Å². The first kappa shape index (κ1) is 20.2. The van der Waals surface area contributed by atoms with Crippen molar-refractivity contribution in [1.82, 2.24) is 20.2 Å². The third kappa shape index (κ3) is 4.91. The maximum atomic E-state index is 12.4. The number of benzene rings is 2. The van der Waals surface area contributed by atoms with Crippen LogP contribution in [0.2, 0.25) is 5.02 Å². The van der Waals surface area contributed by atoms with Gasteiger partial charge in [0.15, 0.2) is 0 Å². The van der Waals surface area contributed by atoms with Crippen LogP contribution in [0.4, 0.5) is 5.69 Å². The van der Waals surface area contributed by atoms with Crippen molar-refractivity contribution in [2.24, 2.45) is 0 Å². The van der Waals surface area contributed by atoms with Crippen molar-refractivity contribution in [3.8, 4) is 0 Å². The van der Waals surface area contributed by atoms with Gasteiger partial charge in [0.1, 0.15) is 5.82 Å². The molecule has 1 aromatic heterocycles. The van der Waals surface area contributed by atoms with Crippen LogP contribution in [0.5, 0.6) is 0 Å². The quantitative estimate of drug-likeness (QED) is 0.636. The van der Waals surface area contributed by atoms with Gasteiger partial charge in [-0.15, -0.1) is 0 Å². The van der Waals surface area contributed by atoms with Gasteiger partial charge in [0.05, 0.1) is 17.6 Å². The Morgan fingerprint density at radius 1 is 1.07 bits per heavy atom. The standard InChI is InChI=1S/C22H24ClN5O2/c23-16-4-3-5-17(14-16)27-10-12-28(13-11-27)22(30)15-24-21(29)9-8-20-25-18-6-1-2-7-19(18)26-20/h1-7,14H,8-13,15H2,(H,24,29)(H,25,26). The Morgan fingerprint density at radius 3 is 2.63 bits per heavy atom. The van der Waals surface area contributed by atoms with E-state index in [2.05, 4.69) is 20.2 Å². The lowest BCUT2D eigenvalue weighted by molar-refractivity contribution is -0.133. The monoisotopic (exact) mass is 425 g/mol. The number of aromatic amines is 1. The highest BCUT2D eigenvalue weighted by molar-refractivity contribution is 6.30. The van der Waals surface area contributed by atoms with Crippen LogP contribution in [0.15, 0.2) is 48.5 Å². The van der Waals surface area contributed by atoms with Crippen molar-refractivity contribution in [2.75, 3.05) is 37.6 Å². The maximum Gasteiger partial charge on any atom is 0.242 e. The van der Waals surface area contributed by atoms with Gasteiger partial charge in [-0.25, -0.2) is 4.98 Å². The molecule has 3 aromatic rings. The highest BCUT2D eigenvalue weighted by Crippen LogP contribution is 2.20. The molecule has 30 heavy (non-hydrogen) atoms. The first-order valence-electron chi connectivity index (χ1n) is 10.1. The van der Waals surface area contributed by atoms with Crippen molar-refractivity contribution in [2.45, 2.75) is 12.8 Å². The van der Waals surface area contributed by atoms with Crippen molar-refractivity contribution in [1.29, 1.82) is 0 Å². The van der Waals surface area contributed by atoms with E-state index in [-0.39, 0.29) is 24.8 Å². The Morgan fingerprint density at radius 2 is 1.87 bits per heavy atom. The van der Waals surface area contributed by atoms with E-state index >= 15 is 0 Å². The number of carbonyl (C=O) groups is 2. The predicted octanol–water partition coefficient (Wildman–Crippen LogP) is 2.61. The molecular formula is C22H24ClN5O2. The second kappa shape index (κ2) is 9.17. The number of nitrogens with one attached hydrogen (secondary N) is 2. The lowest BCUT2D eigenvalue weighted by Crippen LogP contribution is -2.51. The first-order valence-corrected chi connectivity index (χ1v) is 10.4. The molecule has 2 amide bonds. The minimum absolute atomic E-state index is 0.0239. The Bertz CT molecular complexity index is 1010. The summed E-state index contributed by atoms with van der Waals surface area (Å²) in [5.41, 5.74) is 2.91. The SMILES string of the molecule is O=C(CCc1nc2ccccc2[nH]1)NCC(=O)N1CCN(c2cccc(Cl)c2)CC1. The third-order valence-electron chi connectivity index (χ3n) is 5.27. The number of nitrogens with zero attached hydrogens (tertiary/aromatic N) is 3. The molecule has 2 aromatic carbocycles. The fraction of sp³-hybridized carbons (Fsp3) is 0.318. The Kier molecular flexibility index (Phi) is 6.18. The van der Waals surface area contributed by atoms with Crippen LogP contribution < -0.4 is 10.2 Å². The normalized spacial score (nSPS) is 14.2. The zero-order chi connectivity index (χ0) is 20.9. The number of H-pyrrole nitrogens is 1. The maximum absolute atomic E-state index is 12.4. The third-order valence-corrected chi connectivity index (χ3v) is 5.50. The molecule has 1 aliphatic rings. The van der Waals surface area contributed by atoms with Gasteiger partial charge in [0.25, 0.3) is 0 Å². The molecule has 1 fully saturated rings. The summed E-state index contributed by atoms with van der Waals surface area (Å²) in [6, 6.07) is 15.5.